The summed E-state index contributed by atoms with van der Waals surface area (Å²) < 4.78 is 0. The summed E-state index contributed by atoms with van der Waals surface area (Å²) in [5.41, 5.74) is 4.24. The van der Waals surface area contributed by atoms with E-state index in [4.69, 9.17) is 11.6 Å². The van der Waals surface area contributed by atoms with E-state index in [1.807, 2.05) is 42.5 Å². The second-order valence-corrected chi connectivity index (χ2v) is 4.90. The molecule has 0 aliphatic carbocycles. The molecule has 2 nitrogen and oxygen atoms in total. The van der Waals surface area contributed by atoms with Gasteiger partial charge in [-0.05, 0) is 48.4 Å². The van der Waals surface area contributed by atoms with Crippen LogP contribution >= 0.6 is 11.6 Å². The summed E-state index contributed by atoms with van der Waals surface area (Å²) in [6.45, 7) is 2.07. The van der Waals surface area contributed by atoms with Crippen molar-refractivity contribution in [2.24, 2.45) is 0 Å². The largest absolute Gasteiger partial charge is 0.338 e. The van der Waals surface area contributed by atoms with Crippen LogP contribution in [0.2, 0.25) is 5.02 Å². The molecule has 94 valence electrons. The third-order valence-electron chi connectivity index (χ3n) is 2.98. The van der Waals surface area contributed by atoms with Gasteiger partial charge in [0.15, 0.2) is 0 Å². The van der Waals surface area contributed by atoms with Gasteiger partial charge in [-0.1, -0.05) is 35.9 Å². The molecule has 0 fully saturated rings. The van der Waals surface area contributed by atoms with Crippen LogP contribution in [-0.4, -0.2) is 9.97 Å². The molecule has 0 unspecified atom stereocenters. The Kier molecular flexibility index (Phi) is 3.10. The Morgan fingerprint density at radius 2 is 1.95 bits per heavy atom. The zero-order valence-electron chi connectivity index (χ0n) is 10.5. The number of aryl methyl sites for hydroxylation is 1. The number of nitrogens with zero attached hydrogens (tertiary/aromatic N) is 1. The standard InChI is InChI=1S/C16H13ClN2/c1-11-6-8-14-15(10-11)19-16(18-14)9-7-12-4-2-3-5-13(12)17/h2-10H,1H3,(H,18,19). The zero-order valence-corrected chi connectivity index (χ0v) is 11.3. The van der Waals surface area contributed by atoms with Crippen molar-refractivity contribution in [1.29, 1.82) is 0 Å². The Balaban J connectivity index is 1.95. The van der Waals surface area contributed by atoms with E-state index in [9.17, 15) is 0 Å². The van der Waals surface area contributed by atoms with Crippen LogP contribution in [0.4, 0.5) is 0 Å². The van der Waals surface area contributed by atoms with Gasteiger partial charge in [-0.15, -0.1) is 0 Å². The average Bonchev–Trinajstić information content (AvgIpc) is 2.79. The van der Waals surface area contributed by atoms with E-state index in [-0.39, 0.29) is 0 Å². The summed E-state index contributed by atoms with van der Waals surface area (Å²) in [6, 6.07) is 13.9. The fraction of sp³-hybridized carbons (Fsp3) is 0.0625. The average molecular weight is 269 g/mol. The van der Waals surface area contributed by atoms with Gasteiger partial charge in [0, 0.05) is 5.02 Å². The molecule has 0 atom stereocenters. The lowest BCUT2D eigenvalue weighted by molar-refractivity contribution is 1.29. The maximum absolute atomic E-state index is 6.11. The van der Waals surface area contributed by atoms with Crippen LogP contribution < -0.4 is 0 Å². The molecule has 2 aromatic carbocycles. The summed E-state index contributed by atoms with van der Waals surface area (Å²) in [7, 11) is 0. The van der Waals surface area contributed by atoms with Crippen molar-refractivity contribution in [2.45, 2.75) is 6.92 Å². The van der Waals surface area contributed by atoms with Gasteiger partial charge in [0.2, 0.25) is 0 Å². The van der Waals surface area contributed by atoms with Gasteiger partial charge in [-0.2, -0.15) is 0 Å². The highest BCUT2D eigenvalue weighted by atomic mass is 35.5. The number of rotatable bonds is 2. The third-order valence-corrected chi connectivity index (χ3v) is 3.33. The molecule has 0 aliphatic rings. The summed E-state index contributed by atoms with van der Waals surface area (Å²) in [5.74, 6) is 0.834. The first-order valence-corrected chi connectivity index (χ1v) is 6.49. The van der Waals surface area contributed by atoms with Crippen molar-refractivity contribution in [3.63, 3.8) is 0 Å². The van der Waals surface area contributed by atoms with Gasteiger partial charge in [0.05, 0.1) is 11.0 Å². The normalized spacial score (nSPS) is 11.5. The molecule has 0 amide bonds. The molecule has 0 bridgehead atoms. The highest BCUT2D eigenvalue weighted by Crippen LogP contribution is 2.18. The van der Waals surface area contributed by atoms with Gasteiger partial charge < -0.3 is 4.98 Å². The van der Waals surface area contributed by atoms with Crippen molar-refractivity contribution in [3.05, 3.63) is 64.4 Å². The fourth-order valence-electron chi connectivity index (χ4n) is 2.00. The predicted octanol–water partition coefficient (Wildman–Crippen LogP) is 4.70. The molecule has 0 saturated heterocycles. The Morgan fingerprint density at radius 1 is 1.11 bits per heavy atom. The lowest BCUT2D eigenvalue weighted by atomic mass is 10.2. The number of benzene rings is 2. The number of imidazole rings is 1. The van der Waals surface area contributed by atoms with E-state index < -0.39 is 0 Å². The van der Waals surface area contributed by atoms with E-state index in [2.05, 4.69) is 29.0 Å². The van der Waals surface area contributed by atoms with Crippen molar-refractivity contribution < 1.29 is 0 Å². The molecule has 0 radical (unpaired) electrons. The SMILES string of the molecule is Cc1ccc2nc(C=Cc3ccccc3Cl)[nH]c2c1. The second kappa shape index (κ2) is 4.90. The smallest absolute Gasteiger partial charge is 0.131 e. The first kappa shape index (κ1) is 12.0. The Hall–Kier alpha value is -2.06. The molecule has 0 saturated carbocycles. The predicted molar refractivity (Wildman–Crippen MR) is 81.2 cm³/mol. The monoisotopic (exact) mass is 268 g/mol. The van der Waals surface area contributed by atoms with Crippen molar-refractivity contribution in [3.8, 4) is 0 Å². The summed E-state index contributed by atoms with van der Waals surface area (Å²) >= 11 is 6.11. The molecule has 19 heavy (non-hydrogen) atoms. The molecule has 3 aromatic rings. The molecule has 3 rings (SSSR count). The fourth-order valence-corrected chi connectivity index (χ4v) is 2.20. The molecular weight excluding hydrogens is 256 g/mol. The van der Waals surface area contributed by atoms with Crippen molar-refractivity contribution in [2.75, 3.05) is 0 Å². The number of hydrogen-bond donors (Lipinski definition) is 1. The van der Waals surface area contributed by atoms with Crippen LogP contribution in [-0.2, 0) is 0 Å². The number of aromatic nitrogens is 2. The topological polar surface area (TPSA) is 28.7 Å². The third kappa shape index (κ3) is 2.54. The van der Waals surface area contributed by atoms with Crippen molar-refractivity contribution >= 4 is 34.8 Å². The molecule has 1 aromatic heterocycles. The van der Waals surface area contributed by atoms with Gasteiger partial charge in [0.25, 0.3) is 0 Å². The van der Waals surface area contributed by atoms with Crippen LogP contribution in [0.5, 0.6) is 0 Å². The lowest BCUT2D eigenvalue weighted by Gasteiger charge is -1.95. The Bertz CT molecular complexity index is 756. The van der Waals surface area contributed by atoms with E-state index in [1.165, 1.54) is 5.56 Å². The van der Waals surface area contributed by atoms with Crippen LogP contribution in [0.25, 0.3) is 23.2 Å². The molecule has 3 heteroatoms. The highest BCUT2D eigenvalue weighted by molar-refractivity contribution is 6.32. The van der Waals surface area contributed by atoms with E-state index in [0.29, 0.717) is 0 Å². The number of aromatic amines is 1. The number of hydrogen-bond acceptors (Lipinski definition) is 1. The molecule has 0 spiro atoms. The lowest BCUT2D eigenvalue weighted by Crippen LogP contribution is -1.76. The van der Waals surface area contributed by atoms with Crippen LogP contribution in [0.3, 0.4) is 0 Å². The number of H-pyrrole nitrogens is 1. The van der Waals surface area contributed by atoms with Crippen LogP contribution in [0, 0.1) is 6.92 Å². The van der Waals surface area contributed by atoms with Crippen LogP contribution in [0.15, 0.2) is 42.5 Å². The summed E-state index contributed by atoms with van der Waals surface area (Å²) in [4.78, 5) is 7.80. The van der Waals surface area contributed by atoms with Gasteiger partial charge in [0.1, 0.15) is 5.82 Å². The van der Waals surface area contributed by atoms with E-state index in [1.54, 1.807) is 0 Å². The second-order valence-electron chi connectivity index (χ2n) is 4.50. The first-order valence-electron chi connectivity index (χ1n) is 6.11. The van der Waals surface area contributed by atoms with Gasteiger partial charge in [-0.3, -0.25) is 0 Å². The number of fused-ring (bicyclic) bond motifs is 1. The van der Waals surface area contributed by atoms with E-state index in [0.717, 1.165) is 27.4 Å². The maximum atomic E-state index is 6.11. The van der Waals surface area contributed by atoms with Gasteiger partial charge >= 0.3 is 0 Å². The zero-order chi connectivity index (χ0) is 13.2. The highest BCUT2D eigenvalue weighted by Gasteiger charge is 2.00. The number of nitrogens with one attached hydrogen (secondary N) is 1. The summed E-state index contributed by atoms with van der Waals surface area (Å²) in [6.07, 6.45) is 3.91. The molecule has 0 aliphatic heterocycles. The molecule has 1 heterocycles. The molecular formula is C16H13ClN2. The molecule has 1 N–H and O–H groups in total. The minimum Gasteiger partial charge on any atom is -0.338 e. The minimum absolute atomic E-state index is 0.741. The number of halogens is 1. The Labute approximate surface area is 116 Å². The first-order chi connectivity index (χ1) is 9.22. The quantitative estimate of drug-likeness (QED) is 0.717. The Morgan fingerprint density at radius 3 is 2.79 bits per heavy atom. The van der Waals surface area contributed by atoms with Crippen molar-refractivity contribution in [1.82, 2.24) is 9.97 Å². The summed E-state index contributed by atoms with van der Waals surface area (Å²) in [5, 5.41) is 0.741. The minimum atomic E-state index is 0.741. The van der Waals surface area contributed by atoms with Gasteiger partial charge in [-0.25, -0.2) is 4.98 Å². The van der Waals surface area contributed by atoms with Crippen LogP contribution in [0.1, 0.15) is 17.0 Å². The maximum Gasteiger partial charge on any atom is 0.131 e. The van der Waals surface area contributed by atoms with E-state index >= 15 is 0 Å².